The number of aliphatic hydroxyl groups excluding tert-OH is 1. The fourth-order valence-corrected chi connectivity index (χ4v) is 2.03. The number of hydrogen-bond acceptors (Lipinski definition) is 1. The Balaban J connectivity index is 0. The first-order chi connectivity index (χ1) is 7.24. The van der Waals surface area contributed by atoms with E-state index in [9.17, 15) is 5.11 Å². The number of halogens is 1. The van der Waals surface area contributed by atoms with Crippen molar-refractivity contribution in [2.75, 3.05) is 26.4 Å². The van der Waals surface area contributed by atoms with Crippen molar-refractivity contribution in [3.8, 4) is 0 Å². The van der Waals surface area contributed by atoms with Gasteiger partial charge in [-0.05, 0) is 19.3 Å². The molecule has 0 heterocycles. The molecule has 3 heteroatoms. The minimum atomic E-state index is 0. The maximum absolute atomic E-state index is 9.63. The molecular formula is C13H30INO. The second-order valence-corrected chi connectivity index (χ2v) is 4.71. The van der Waals surface area contributed by atoms with Gasteiger partial charge in [0.2, 0.25) is 0 Å². The molecular weight excluding hydrogens is 313 g/mol. The van der Waals surface area contributed by atoms with E-state index in [4.69, 9.17) is 0 Å². The van der Waals surface area contributed by atoms with Crippen LogP contribution in [0, 0.1) is 0 Å². The predicted molar refractivity (Wildman–Crippen MR) is 66.7 cm³/mol. The highest BCUT2D eigenvalue weighted by Gasteiger charge is 2.24. The molecule has 0 aliphatic heterocycles. The Morgan fingerprint density at radius 1 is 0.750 bits per heavy atom. The van der Waals surface area contributed by atoms with Crippen LogP contribution in [0.5, 0.6) is 0 Å². The molecule has 1 N–H and O–H groups in total. The van der Waals surface area contributed by atoms with Gasteiger partial charge in [0.15, 0.2) is 6.73 Å². The van der Waals surface area contributed by atoms with Crippen LogP contribution in [-0.4, -0.2) is 36.0 Å². The third-order valence-corrected chi connectivity index (χ3v) is 3.26. The molecule has 0 rings (SSSR count). The van der Waals surface area contributed by atoms with E-state index in [2.05, 4.69) is 20.8 Å². The summed E-state index contributed by atoms with van der Waals surface area (Å²) in [5, 5.41) is 9.63. The molecule has 0 aromatic heterocycles. The van der Waals surface area contributed by atoms with E-state index in [0.717, 1.165) is 24.1 Å². The smallest absolute Gasteiger partial charge is 0.180 e. The van der Waals surface area contributed by atoms with Crippen molar-refractivity contribution >= 4 is 0 Å². The topological polar surface area (TPSA) is 20.2 Å². The van der Waals surface area contributed by atoms with Gasteiger partial charge in [-0.2, -0.15) is 0 Å². The second kappa shape index (κ2) is 12.1. The Labute approximate surface area is 119 Å². The zero-order valence-corrected chi connectivity index (χ0v) is 13.5. The third kappa shape index (κ3) is 7.85. The van der Waals surface area contributed by atoms with Gasteiger partial charge in [-0.15, -0.1) is 0 Å². The number of quaternary nitrogens is 1. The highest BCUT2D eigenvalue weighted by atomic mass is 127. The summed E-state index contributed by atoms with van der Waals surface area (Å²) in [4.78, 5) is 0. The number of hydrogen-bond donors (Lipinski definition) is 1. The summed E-state index contributed by atoms with van der Waals surface area (Å²) in [5.74, 6) is 0. The monoisotopic (exact) mass is 343 g/mol. The van der Waals surface area contributed by atoms with Gasteiger partial charge in [0, 0.05) is 0 Å². The molecule has 0 aliphatic carbocycles. The Kier molecular flexibility index (Phi) is 14.4. The molecule has 0 aromatic carbocycles. The maximum atomic E-state index is 9.63. The van der Waals surface area contributed by atoms with Gasteiger partial charge in [-0.25, -0.2) is 0 Å². The van der Waals surface area contributed by atoms with Crippen molar-refractivity contribution in [2.24, 2.45) is 0 Å². The Bertz CT molecular complexity index is 120. The van der Waals surface area contributed by atoms with Gasteiger partial charge in [0.25, 0.3) is 0 Å². The lowest BCUT2D eigenvalue weighted by Crippen LogP contribution is -3.00. The van der Waals surface area contributed by atoms with Crippen molar-refractivity contribution in [1.29, 1.82) is 0 Å². The van der Waals surface area contributed by atoms with E-state index in [1.54, 1.807) is 0 Å². The highest BCUT2D eigenvalue weighted by Crippen LogP contribution is 2.13. The summed E-state index contributed by atoms with van der Waals surface area (Å²) in [5.41, 5.74) is 0. The molecule has 0 aliphatic rings. The van der Waals surface area contributed by atoms with Crippen LogP contribution in [0.2, 0.25) is 0 Å². The fraction of sp³-hybridized carbons (Fsp3) is 1.00. The number of rotatable bonds is 10. The van der Waals surface area contributed by atoms with Crippen LogP contribution < -0.4 is 24.0 Å². The summed E-state index contributed by atoms with van der Waals surface area (Å²) in [7, 11) is 0. The molecule has 0 aromatic rings. The summed E-state index contributed by atoms with van der Waals surface area (Å²) in [6.07, 6.45) is 7.44. The molecule has 0 spiro atoms. The fourth-order valence-electron chi connectivity index (χ4n) is 2.03. The third-order valence-electron chi connectivity index (χ3n) is 3.26. The van der Waals surface area contributed by atoms with E-state index in [0.29, 0.717) is 6.73 Å². The number of aliphatic hydroxyl groups is 1. The maximum Gasteiger partial charge on any atom is 0.180 e. The summed E-state index contributed by atoms with van der Waals surface area (Å²) >= 11 is 0. The molecule has 0 fully saturated rings. The SMILES string of the molecule is CCCC[N+](CO)(CCCC)CCCC.[I-]. The summed E-state index contributed by atoms with van der Waals surface area (Å²) in [6, 6.07) is 0. The molecule has 2 nitrogen and oxygen atoms in total. The van der Waals surface area contributed by atoms with Crippen LogP contribution in [-0.2, 0) is 0 Å². The van der Waals surface area contributed by atoms with E-state index in [-0.39, 0.29) is 24.0 Å². The second-order valence-electron chi connectivity index (χ2n) is 4.71. The zero-order chi connectivity index (χ0) is 11.6. The molecule has 16 heavy (non-hydrogen) atoms. The molecule has 0 saturated carbocycles. The Morgan fingerprint density at radius 2 is 1.06 bits per heavy atom. The van der Waals surface area contributed by atoms with Crippen molar-refractivity contribution in [3.63, 3.8) is 0 Å². The van der Waals surface area contributed by atoms with Crippen molar-refractivity contribution < 1.29 is 33.6 Å². The Morgan fingerprint density at radius 3 is 1.25 bits per heavy atom. The van der Waals surface area contributed by atoms with Gasteiger partial charge in [0.05, 0.1) is 19.6 Å². The van der Waals surface area contributed by atoms with Gasteiger partial charge >= 0.3 is 0 Å². The quantitative estimate of drug-likeness (QED) is 0.340. The number of unbranched alkanes of at least 4 members (excludes halogenated alkanes) is 3. The lowest BCUT2D eigenvalue weighted by Gasteiger charge is -2.37. The summed E-state index contributed by atoms with van der Waals surface area (Å²) < 4.78 is 0.940. The molecule has 100 valence electrons. The molecule has 0 saturated heterocycles. The largest absolute Gasteiger partial charge is 1.00 e. The molecule has 0 amide bonds. The number of nitrogens with zero attached hydrogens (tertiary/aromatic N) is 1. The minimum absolute atomic E-state index is 0. The van der Waals surface area contributed by atoms with Crippen LogP contribution >= 0.6 is 0 Å². The van der Waals surface area contributed by atoms with E-state index in [1.165, 1.54) is 38.5 Å². The van der Waals surface area contributed by atoms with Gasteiger partial charge in [0.1, 0.15) is 0 Å². The van der Waals surface area contributed by atoms with Crippen LogP contribution in [0.3, 0.4) is 0 Å². The predicted octanol–water partition coefficient (Wildman–Crippen LogP) is 0.157. The first kappa shape index (κ1) is 19.0. The molecule has 0 unspecified atom stereocenters. The average molecular weight is 343 g/mol. The zero-order valence-electron chi connectivity index (χ0n) is 11.3. The van der Waals surface area contributed by atoms with Crippen LogP contribution in [0.25, 0.3) is 0 Å². The van der Waals surface area contributed by atoms with Crippen molar-refractivity contribution in [3.05, 3.63) is 0 Å². The lowest BCUT2D eigenvalue weighted by atomic mass is 10.2. The highest BCUT2D eigenvalue weighted by molar-refractivity contribution is 4.44. The Hall–Kier alpha value is 0.650. The normalized spacial score (nSPS) is 11.2. The lowest BCUT2D eigenvalue weighted by molar-refractivity contribution is -0.945. The molecule has 0 radical (unpaired) electrons. The first-order valence-electron chi connectivity index (χ1n) is 6.70. The van der Waals surface area contributed by atoms with Crippen LogP contribution in [0.15, 0.2) is 0 Å². The minimum Gasteiger partial charge on any atom is -1.00 e. The van der Waals surface area contributed by atoms with Gasteiger partial charge < -0.3 is 33.6 Å². The van der Waals surface area contributed by atoms with Crippen molar-refractivity contribution in [2.45, 2.75) is 59.3 Å². The van der Waals surface area contributed by atoms with Crippen molar-refractivity contribution in [1.82, 2.24) is 0 Å². The molecule has 0 bridgehead atoms. The van der Waals surface area contributed by atoms with Gasteiger partial charge in [-0.3, -0.25) is 0 Å². The first-order valence-corrected chi connectivity index (χ1v) is 6.70. The standard InChI is InChI=1S/C13H30NO.HI/c1-4-7-10-14(13-15,11-8-5-2)12-9-6-3;/h15H,4-13H2,1-3H3;1H/q+1;/p-1. The van der Waals surface area contributed by atoms with E-state index in [1.807, 2.05) is 0 Å². The van der Waals surface area contributed by atoms with E-state index < -0.39 is 0 Å². The van der Waals surface area contributed by atoms with Crippen LogP contribution in [0.4, 0.5) is 0 Å². The average Bonchev–Trinajstić information content (AvgIpc) is 2.29. The van der Waals surface area contributed by atoms with Crippen LogP contribution in [0.1, 0.15) is 59.3 Å². The van der Waals surface area contributed by atoms with Gasteiger partial charge in [-0.1, -0.05) is 40.0 Å². The van der Waals surface area contributed by atoms with E-state index >= 15 is 0 Å². The summed E-state index contributed by atoms with van der Waals surface area (Å²) in [6.45, 7) is 10.5. The molecule has 0 atom stereocenters.